The van der Waals surface area contributed by atoms with Crippen molar-refractivity contribution in [1.29, 1.82) is 0 Å². The Morgan fingerprint density at radius 1 is 1.70 bits per heavy atom. The highest BCUT2D eigenvalue weighted by molar-refractivity contribution is 4.67. The zero-order valence-corrected chi connectivity index (χ0v) is 6.68. The van der Waals surface area contributed by atoms with E-state index in [2.05, 4.69) is 6.92 Å². The summed E-state index contributed by atoms with van der Waals surface area (Å²) in [6.07, 6.45) is 3.65. The van der Waals surface area contributed by atoms with Crippen molar-refractivity contribution in [1.82, 2.24) is 0 Å². The van der Waals surface area contributed by atoms with Crippen LogP contribution in [0, 0.1) is 5.92 Å². The van der Waals surface area contributed by atoms with Crippen molar-refractivity contribution in [3.63, 3.8) is 0 Å². The molecule has 1 aliphatic heterocycles. The lowest BCUT2D eigenvalue weighted by Gasteiger charge is -2.23. The van der Waals surface area contributed by atoms with Crippen molar-refractivity contribution in [2.75, 3.05) is 13.2 Å². The summed E-state index contributed by atoms with van der Waals surface area (Å²) >= 11 is 0. The average Bonchev–Trinajstić information content (AvgIpc) is 1.88. The van der Waals surface area contributed by atoms with E-state index in [1.165, 1.54) is 12.8 Å². The van der Waals surface area contributed by atoms with Crippen molar-refractivity contribution in [2.24, 2.45) is 11.7 Å². The van der Waals surface area contributed by atoms with Crippen LogP contribution in [0.5, 0.6) is 0 Å². The second-order valence-electron chi connectivity index (χ2n) is 3.30. The third kappa shape index (κ3) is 2.67. The normalized spacial score (nSPS) is 30.0. The van der Waals surface area contributed by atoms with Crippen molar-refractivity contribution in [3.05, 3.63) is 0 Å². The van der Waals surface area contributed by atoms with Crippen molar-refractivity contribution in [3.8, 4) is 0 Å². The summed E-state index contributed by atoms with van der Waals surface area (Å²) in [6, 6.07) is 0.340. The van der Waals surface area contributed by atoms with Gasteiger partial charge in [0, 0.05) is 19.3 Å². The van der Waals surface area contributed by atoms with Crippen molar-refractivity contribution >= 4 is 0 Å². The van der Waals surface area contributed by atoms with Crippen LogP contribution in [0.4, 0.5) is 0 Å². The molecular formula is C8H17NO. The quantitative estimate of drug-likeness (QED) is 0.629. The summed E-state index contributed by atoms with van der Waals surface area (Å²) in [6.45, 7) is 3.95. The molecule has 2 atom stereocenters. The van der Waals surface area contributed by atoms with Crippen LogP contribution in [0.3, 0.4) is 0 Å². The van der Waals surface area contributed by atoms with Gasteiger partial charge in [0.05, 0.1) is 0 Å². The molecule has 1 rings (SSSR count). The van der Waals surface area contributed by atoms with Gasteiger partial charge in [0.15, 0.2) is 0 Å². The Morgan fingerprint density at radius 3 is 3.00 bits per heavy atom. The molecule has 1 fully saturated rings. The van der Waals surface area contributed by atoms with Crippen LogP contribution < -0.4 is 5.73 Å². The summed E-state index contributed by atoms with van der Waals surface area (Å²) in [5, 5.41) is 0. The second-order valence-corrected chi connectivity index (χ2v) is 3.30. The summed E-state index contributed by atoms with van der Waals surface area (Å²) in [5.41, 5.74) is 5.67. The summed E-state index contributed by atoms with van der Waals surface area (Å²) in [4.78, 5) is 0. The Morgan fingerprint density at radius 2 is 2.50 bits per heavy atom. The van der Waals surface area contributed by atoms with Crippen LogP contribution in [0.1, 0.15) is 26.2 Å². The molecule has 0 saturated carbocycles. The molecular weight excluding hydrogens is 126 g/mol. The van der Waals surface area contributed by atoms with E-state index in [1.54, 1.807) is 0 Å². The van der Waals surface area contributed by atoms with Crippen LogP contribution in [-0.2, 0) is 4.74 Å². The van der Waals surface area contributed by atoms with E-state index in [0.29, 0.717) is 6.04 Å². The Hall–Kier alpha value is -0.0800. The van der Waals surface area contributed by atoms with Gasteiger partial charge in [0.25, 0.3) is 0 Å². The first kappa shape index (κ1) is 8.02. The predicted molar refractivity (Wildman–Crippen MR) is 41.8 cm³/mol. The topological polar surface area (TPSA) is 35.2 Å². The van der Waals surface area contributed by atoms with Gasteiger partial charge in [0.2, 0.25) is 0 Å². The molecule has 0 radical (unpaired) electrons. The zero-order chi connectivity index (χ0) is 7.40. The van der Waals surface area contributed by atoms with Gasteiger partial charge in [-0.25, -0.2) is 0 Å². The lowest BCUT2D eigenvalue weighted by atomic mass is 9.95. The highest BCUT2D eigenvalue weighted by Gasteiger charge is 2.14. The maximum absolute atomic E-state index is 5.67. The van der Waals surface area contributed by atoms with E-state index in [0.717, 1.165) is 25.6 Å². The first-order valence-corrected chi connectivity index (χ1v) is 4.12. The summed E-state index contributed by atoms with van der Waals surface area (Å²) < 4.78 is 5.33. The fourth-order valence-electron chi connectivity index (χ4n) is 1.52. The van der Waals surface area contributed by atoms with Gasteiger partial charge in [-0.15, -0.1) is 0 Å². The first-order chi connectivity index (χ1) is 4.79. The standard InChI is InChI=1S/C8H17NO/c1-7(9)5-8-3-2-4-10-6-8/h7-8H,2-6,9H2,1H3/t7-,8?/m0/s1. The van der Waals surface area contributed by atoms with Gasteiger partial charge in [-0.1, -0.05) is 0 Å². The highest BCUT2D eigenvalue weighted by atomic mass is 16.5. The zero-order valence-electron chi connectivity index (χ0n) is 6.68. The molecule has 60 valence electrons. The van der Waals surface area contributed by atoms with Crippen LogP contribution in [0.15, 0.2) is 0 Å². The van der Waals surface area contributed by atoms with Gasteiger partial charge in [-0.3, -0.25) is 0 Å². The van der Waals surface area contributed by atoms with Crippen molar-refractivity contribution in [2.45, 2.75) is 32.2 Å². The molecule has 0 bridgehead atoms. The largest absolute Gasteiger partial charge is 0.381 e. The van der Waals surface area contributed by atoms with Gasteiger partial charge < -0.3 is 10.5 Å². The second kappa shape index (κ2) is 3.94. The molecule has 2 nitrogen and oxygen atoms in total. The van der Waals surface area contributed by atoms with Gasteiger partial charge in [-0.2, -0.15) is 0 Å². The SMILES string of the molecule is C[C@H](N)CC1CCCOC1. The summed E-state index contributed by atoms with van der Waals surface area (Å²) in [7, 11) is 0. The third-order valence-electron chi connectivity index (χ3n) is 1.96. The van der Waals surface area contributed by atoms with Crippen LogP contribution >= 0.6 is 0 Å². The molecule has 1 aliphatic rings. The number of rotatable bonds is 2. The minimum absolute atomic E-state index is 0.340. The van der Waals surface area contributed by atoms with Crippen molar-refractivity contribution < 1.29 is 4.74 Å². The highest BCUT2D eigenvalue weighted by Crippen LogP contribution is 2.17. The lowest BCUT2D eigenvalue weighted by molar-refractivity contribution is 0.0497. The molecule has 2 N–H and O–H groups in total. The molecule has 0 aromatic heterocycles. The molecule has 0 amide bonds. The maximum Gasteiger partial charge on any atom is 0.0494 e. The molecule has 0 aliphatic carbocycles. The van der Waals surface area contributed by atoms with Crippen LogP contribution in [0.25, 0.3) is 0 Å². The fourth-order valence-corrected chi connectivity index (χ4v) is 1.52. The maximum atomic E-state index is 5.67. The molecule has 10 heavy (non-hydrogen) atoms. The Labute approximate surface area is 62.7 Å². The first-order valence-electron chi connectivity index (χ1n) is 4.12. The minimum atomic E-state index is 0.340. The van der Waals surface area contributed by atoms with E-state index in [9.17, 15) is 0 Å². The number of hydrogen-bond acceptors (Lipinski definition) is 2. The molecule has 0 aromatic carbocycles. The monoisotopic (exact) mass is 143 g/mol. The summed E-state index contributed by atoms with van der Waals surface area (Å²) in [5.74, 6) is 0.730. The molecule has 2 heteroatoms. The Balaban J connectivity index is 2.13. The molecule has 1 heterocycles. The fraction of sp³-hybridized carbons (Fsp3) is 1.00. The van der Waals surface area contributed by atoms with E-state index in [4.69, 9.17) is 10.5 Å². The number of ether oxygens (including phenoxy) is 1. The van der Waals surface area contributed by atoms with Gasteiger partial charge in [-0.05, 0) is 32.1 Å². The molecule has 1 saturated heterocycles. The van der Waals surface area contributed by atoms with Crippen LogP contribution in [-0.4, -0.2) is 19.3 Å². The Bertz CT molecular complexity index is 87.3. The van der Waals surface area contributed by atoms with Crippen LogP contribution in [0.2, 0.25) is 0 Å². The molecule has 1 unspecified atom stereocenters. The molecule has 0 aromatic rings. The smallest absolute Gasteiger partial charge is 0.0494 e. The minimum Gasteiger partial charge on any atom is -0.381 e. The van der Waals surface area contributed by atoms with Gasteiger partial charge >= 0.3 is 0 Å². The molecule has 0 spiro atoms. The van der Waals surface area contributed by atoms with E-state index in [-0.39, 0.29) is 0 Å². The predicted octanol–water partition coefficient (Wildman–Crippen LogP) is 1.15. The average molecular weight is 143 g/mol. The number of nitrogens with two attached hydrogens (primary N) is 1. The van der Waals surface area contributed by atoms with E-state index < -0.39 is 0 Å². The number of hydrogen-bond donors (Lipinski definition) is 1. The van der Waals surface area contributed by atoms with E-state index >= 15 is 0 Å². The Kier molecular flexibility index (Phi) is 3.16. The van der Waals surface area contributed by atoms with E-state index in [1.807, 2.05) is 0 Å². The lowest BCUT2D eigenvalue weighted by Crippen LogP contribution is -2.25. The third-order valence-corrected chi connectivity index (χ3v) is 1.96. The van der Waals surface area contributed by atoms with Gasteiger partial charge in [0.1, 0.15) is 0 Å².